The molecule has 3 atom stereocenters. The Labute approximate surface area is 117 Å². The quantitative estimate of drug-likeness (QED) is 0.810. The van der Waals surface area contributed by atoms with Crippen molar-refractivity contribution in [2.45, 2.75) is 49.7 Å². The molecule has 4 nitrogen and oxygen atoms in total. The normalized spacial score (nSPS) is 41.1. The first kappa shape index (κ1) is 13.8. The molecule has 0 spiro atoms. The molecule has 0 aromatic heterocycles. The summed E-state index contributed by atoms with van der Waals surface area (Å²) in [6, 6.07) is 1.54. The van der Waals surface area contributed by atoms with E-state index < -0.39 is 0 Å². The smallest absolute Gasteiger partial charge is 0.0359 e. The molecule has 110 valence electrons. The Kier molecular flexibility index (Phi) is 3.87. The molecule has 0 amide bonds. The van der Waals surface area contributed by atoms with Crippen molar-refractivity contribution in [2.75, 3.05) is 46.8 Å². The number of rotatable bonds is 3. The van der Waals surface area contributed by atoms with E-state index in [9.17, 15) is 0 Å². The molecular formula is C15H30N4. The Hall–Kier alpha value is -0.160. The van der Waals surface area contributed by atoms with E-state index in [4.69, 9.17) is 5.73 Å². The van der Waals surface area contributed by atoms with E-state index >= 15 is 0 Å². The molecule has 2 N–H and O–H groups in total. The van der Waals surface area contributed by atoms with Crippen LogP contribution in [0.1, 0.15) is 32.1 Å². The maximum absolute atomic E-state index is 6.25. The number of likely N-dealkylation sites (N-methyl/N-ethyl adjacent to an activating group) is 1. The minimum absolute atomic E-state index is 0.302. The van der Waals surface area contributed by atoms with E-state index in [1.807, 2.05) is 0 Å². The van der Waals surface area contributed by atoms with Crippen LogP contribution in [0.5, 0.6) is 0 Å². The minimum atomic E-state index is 0.302. The maximum Gasteiger partial charge on any atom is 0.0359 e. The van der Waals surface area contributed by atoms with Crippen LogP contribution in [0.2, 0.25) is 0 Å². The summed E-state index contributed by atoms with van der Waals surface area (Å²) >= 11 is 0. The van der Waals surface area contributed by atoms with Crippen molar-refractivity contribution in [3.63, 3.8) is 0 Å². The van der Waals surface area contributed by atoms with Gasteiger partial charge in [0.05, 0.1) is 0 Å². The third-order valence-corrected chi connectivity index (χ3v) is 5.92. The molecule has 0 aliphatic carbocycles. The monoisotopic (exact) mass is 266 g/mol. The van der Waals surface area contributed by atoms with Crippen molar-refractivity contribution < 1.29 is 0 Å². The molecule has 0 aromatic rings. The standard InChI is InChI=1S/C15H30N4/c1-17(2)14-5-8-19(11-14)15(12-16)6-9-18-7-3-4-13(18)10-15/h13-14H,3-12,16H2,1-2H3. The molecule has 0 bridgehead atoms. The van der Waals surface area contributed by atoms with Gasteiger partial charge in [0.25, 0.3) is 0 Å². The first-order chi connectivity index (χ1) is 9.14. The summed E-state index contributed by atoms with van der Waals surface area (Å²) in [5, 5.41) is 0. The van der Waals surface area contributed by atoms with Crippen molar-refractivity contribution >= 4 is 0 Å². The van der Waals surface area contributed by atoms with Gasteiger partial charge in [0.2, 0.25) is 0 Å². The van der Waals surface area contributed by atoms with Gasteiger partial charge in [-0.25, -0.2) is 0 Å². The summed E-state index contributed by atoms with van der Waals surface area (Å²) < 4.78 is 0. The Bertz CT molecular complexity index is 319. The Morgan fingerprint density at radius 3 is 2.74 bits per heavy atom. The lowest BCUT2D eigenvalue weighted by Gasteiger charge is -2.49. The molecule has 3 heterocycles. The van der Waals surface area contributed by atoms with E-state index in [2.05, 4.69) is 28.8 Å². The maximum atomic E-state index is 6.25. The van der Waals surface area contributed by atoms with Gasteiger partial charge in [-0.1, -0.05) is 0 Å². The Balaban J connectivity index is 1.70. The van der Waals surface area contributed by atoms with Crippen LogP contribution in [-0.4, -0.2) is 79.1 Å². The SMILES string of the molecule is CN(C)C1CCN(C2(CN)CCN3CCCC3C2)C1. The van der Waals surface area contributed by atoms with Crippen molar-refractivity contribution in [1.82, 2.24) is 14.7 Å². The van der Waals surface area contributed by atoms with E-state index in [1.165, 1.54) is 58.3 Å². The summed E-state index contributed by atoms with van der Waals surface area (Å²) in [7, 11) is 4.42. The van der Waals surface area contributed by atoms with Crippen molar-refractivity contribution in [3.05, 3.63) is 0 Å². The molecule has 0 radical (unpaired) electrons. The molecule has 4 heteroatoms. The lowest BCUT2D eigenvalue weighted by atomic mass is 9.82. The third-order valence-electron chi connectivity index (χ3n) is 5.92. The largest absolute Gasteiger partial charge is 0.329 e. The molecule has 19 heavy (non-hydrogen) atoms. The van der Waals surface area contributed by atoms with Gasteiger partial charge in [-0.15, -0.1) is 0 Å². The number of hydrogen-bond acceptors (Lipinski definition) is 4. The lowest BCUT2D eigenvalue weighted by molar-refractivity contribution is 0.0218. The number of nitrogens with zero attached hydrogens (tertiary/aromatic N) is 3. The summed E-state index contributed by atoms with van der Waals surface area (Å²) in [4.78, 5) is 7.82. The molecule has 3 saturated heterocycles. The van der Waals surface area contributed by atoms with Crippen molar-refractivity contribution in [3.8, 4) is 0 Å². The van der Waals surface area contributed by atoms with Gasteiger partial charge in [0.15, 0.2) is 0 Å². The lowest BCUT2D eigenvalue weighted by Crippen LogP contribution is -2.60. The topological polar surface area (TPSA) is 35.7 Å². The number of fused-ring (bicyclic) bond motifs is 1. The predicted octanol–water partition coefficient (Wildman–Crippen LogP) is 0.578. The fourth-order valence-electron chi connectivity index (χ4n) is 4.51. The molecule has 0 saturated carbocycles. The van der Waals surface area contributed by atoms with Crippen LogP contribution < -0.4 is 5.73 Å². The first-order valence-corrected chi connectivity index (χ1v) is 8.00. The van der Waals surface area contributed by atoms with Crippen molar-refractivity contribution in [1.29, 1.82) is 0 Å². The average Bonchev–Trinajstić information content (AvgIpc) is 3.06. The van der Waals surface area contributed by atoms with Crippen LogP contribution in [0.25, 0.3) is 0 Å². The second kappa shape index (κ2) is 5.32. The highest BCUT2D eigenvalue weighted by atomic mass is 15.3. The van der Waals surface area contributed by atoms with Crippen LogP contribution in [0.15, 0.2) is 0 Å². The molecule has 0 aromatic carbocycles. The molecule has 3 unspecified atom stereocenters. The zero-order valence-corrected chi connectivity index (χ0v) is 12.6. The zero-order chi connectivity index (χ0) is 13.5. The Morgan fingerprint density at radius 2 is 2.05 bits per heavy atom. The van der Waals surface area contributed by atoms with E-state index in [1.54, 1.807) is 0 Å². The predicted molar refractivity (Wildman–Crippen MR) is 79.3 cm³/mol. The Morgan fingerprint density at radius 1 is 1.21 bits per heavy atom. The van der Waals surface area contributed by atoms with Gasteiger partial charge in [-0.05, 0) is 52.7 Å². The highest BCUT2D eigenvalue weighted by molar-refractivity contribution is 5.04. The second-order valence-corrected chi connectivity index (χ2v) is 7.07. The number of nitrogens with two attached hydrogens (primary N) is 1. The first-order valence-electron chi connectivity index (χ1n) is 8.00. The number of hydrogen-bond donors (Lipinski definition) is 1. The van der Waals surface area contributed by atoms with Crippen molar-refractivity contribution in [2.24, 2.45) is 5.73 Å². The molecular weight excluding hydrogens is 236 g/mol. The highest BCUT2D eigenvalue weighted by Crippen LogP contribution is 2.38. The van der Waals surface area contributed by atoms with Gasteiger partial charge < -0.3 is 15.5 Å². The zero-order valence-electron chi connectivity index (χ0n) is 12.6. The minimum Gasteiger partial charge on any atom is -0.329 e. The van der Waals surface area contributed by atoms with E-state index in [-0.39, 0.29) is 0 Å². The van der Waals surface area contributed by atoms with Gasteiger partial charge >= 0.3 is 0 Å². The summed E-state index contributed by atoms with van der Waals surface area (Å²) in [6.07, 6.45) is 6.69. The third kappa shape index (κ3) is 2.44. The van der Waals surface area contributed by atoms with Crippen LogP contribution in [0.4, 0.5) is 0 Å². The van der Waals surface area contributed by atoms with Crippen LogP contribution in [-0.2, 0) is 0 Å². The van der Waals surface area contributed by atoms with Gasteiger partial charge in [-0.3, -0.25) is 4.90 Å². The number of piperidine rings is 1. The van der Waals surface area contributed by atoms with E-state index in [0.717, 1.165) is 18.6 Å². The van der Waals surface area contributed by atoms with Gasteiger partial charge in [-0.2, -0.15) is 0 Å². The van der Waals surface area contributed by atoms with Crippen LogP contribution in [0.3, 0.4) is 0 Å². The second-order valence-electron chi connectivity index (χ2n) is 7.07. The van der Waals surface area contributed by atoms with Crippen LogP contribution in [0, 0.1) is 0 Å². The molecule has 3 rings (SSSR count). The molecule has 3 aliphatic heterocycles. The summed E-state index contributed by atoms with van der Waals surface area (Å²) in [6.45, 7) is 5.90. The molecule has 3 aliphatic rings. The molecule has 3 fully saturated rings. The fraction of sp³-hybridized carbons (Fsp3) is 1.00. The average molecular weight is 266 g/mol. The van der Waals surface area contributed by atoms with Gasteiger partial charge in [0.1, 0.15) is 0 Å². The fourth-order valence-corrected chi connectivity index (χ4v) is 4.51. The number of likely N-dealkylation sites (tertiary alicyclic amines) is 1. The summed E-state index contributed by atoms with van der Waals surface area (Å²) in [5.74, 6) is 0. The van der Waals surface area contributed by atoms with Gasteiger partial charge in [0, 0.05) is 43.8 Å². The van der Waals surface area contributed by atoms with E-state index in [0.29, 0.717) is 5.54 Å². The van der Waals surface area contributed by atoms with Crippen LogP contribution >= 0.6 is 0 Å². The summed E-state index contributed by atoms with van der Waals surface area (Å²) in [5.41, 5.74) is 6.55. The highest BCUT2D eigenvalue weighted by Gasteiger charge is 2.46.